The van der Waals surface area contributed by atoms with Crippen LogP contribution in [0.4, 0.5) is 5.69 Å². The Morgan fingerprint density at radius 1 is 1.00 bits per heavy atom. The van der Waals surface area contributed by atoms with Crippen LogP contribution >= 0.6 is 0 Å². The fraction of sp³-hybridized carbons (Fsp3) is 0.409. The van der Waals surface area contributed by atoms with E-state index in [2.05, 4.69) is 17.2 Å². The minimum absolute atomic E-state index is 0.0864. The standard InChI is InChI=1S/C22H27N3O2/c1-3-17-11-8-10-16(2)20(17)24-21(26)18-12-9-13-19(23-18)22(27)25-14-6-4-5-7-15-25/h8-13H,3-7,14-15H2,1-2H3,(H,24,26). The molecule has 1 aliphatic rings. The maximum Gasteiger partial charge on any atom is 0.274 e. The van der Waals surface area contributed by atoms with E-state index < -0.39 is 0 Å². The molecule has 2 heterocycles. The van der Waals surface area contributed by atoms with Crippen molar-refractivity contribution >= 4 is 17.5 Å². The molecule has 1 N–H and O–H groups in total. The van der Waals surface area contributed by atoms with Crippen LogP contribution in [-0.2, 0) is 6.42 Å². The van der Waals surface area contributed by atoms with Crippen molar-refractivity contribution in [1.29, 1.82) is 0 Å². The Kier molecular flexibility index (Phi) is 6.22. The quantitative estimate of drug-likeness (QED) is 0.882. The van der Waals surface area contributed by atoms with Crippen LogP contribution in [0.3, 0.4) is 0 Å². The second-order valence-corrected chi connectivity index (χ2v) is 7.03. The van der Waals surface area contributed by atoms with E-state index >= 15 is 0 Å². The van der Waals surface area contributed by atoms with Crippen LogP contribution in [0.1, 0.15) is 64.7 Å². The van der Waals surface area contributed by atoms with Gasteiger partial charge in [-0.3, -0.25) is 9.59 Å². The average molecular weight is 365 g/mol. The van der Waals surface area contributed by atoms with Crippen molar-refractivity contribution in [2.45, 2.75) is 46.0 Å². The number of para-hydroxylation sites is 1. The summed E-state index contributed by atoms with van der Waals surface area (Å²) in [6.07, 6.45) is 5.21. The van der Waals surface area contributed by atoms with E-state index in [0.717, 1.165) is 62.0 Å². The third-order valence-electron chi connectivity index (χ3n) is 5.07. The van der Waals surface area contributed by atoms with Crippen LogP contribution in [0.25, 0.3) is 0 Å². The lowest BCUT2D eigenvalue weighted by molar-refractivity contribution is 0.0755. The largest absolute Gasteiger partial charge is 0.337 e. The zero-order valence-corrected chi connectivity index (χ0v) is 16.1. The van der Waals surface area contributed by atoms with Crippen molar-refractivity contribution in [2.75, 3.05) is 18.4 Å². The number of carbonyl (C=O) groups is 2. The lowest BCUT2D eigenvalue weighted by Gasteiger charge is -2.20. The van der Waals surface area contributed by atoms with Crippen LogP contribution < -0.4 is 5.32 Å². The zero-order valence-electron chi connectivity index (χ0n) is 16.1. The van der Waals surface area contributed by atoms with Gasteiger partial charge in [0.1, 0.15) is 11.4 Å². The monoisotopic (exact) mass is 365 g/mol. The first-order chi connectivity index (χ1) is 13.1. The first kappa shape index (κ1) is 19.1. The van der Waals surface area contributed by atoms with Gasteiger partial charge in [0.15, 0.2) is 0 Å². The highest BCUT2D eigenvalue weighted by Crippen LogP contribution is 2.22. The molecule has 5 heteroatoms. The molecule has 0 spiro atoms. The van der Waals surface area contributed by atoms with Gasteiger partial charge in [-0.25, -0.2) is 4.98 Å². The Balaban J connectivity index is 1.79. The summed E-state index contributed by atoms with van der Waals surface area (Å²) in [6.45, 7) is 5.56. The lowest BCUT2D eigenvalue weighted by atomic mass is 10.1. The molecule has 0 radical (unpaired) electrons. The van der Waals surface area contributed by atoms with Crippen molar-refractivity contribution in [2.24, 2.45) is 0 Å². The molecule has 27 heavy (non-hydrogen) atoms. The molecule has 1 aromatic heterocycles. The number of carbonyl (C=O) groups excluding carboxylic acids is 2. The van der Waals surface area contributed by atoms with Crippen LogP contribution in [0.2, 0.25) is 0 Å². The highest BCUT2D eigenvalue weighted by atomic mass is 16.2. The van der Waals surface area contributed by atoms with Gasteiger partial charge in [-0.05, 0) is 49.4 Å². The normalized spacial score (nSPS) is 14.5. The minimum atomic E-state index is -0.287. The Bertz CT molecular complexity index is 824. The van der Waals surface area contributed by atoms with Crippen molar-refractivity contribution in [3.63, 3.8) is 0 Å². The number of benzene rings is 1. The molecule has 2 aromatic rings. The molecule has 1 saturated heterocycles. The highest BCUT2D eigenvalue weighted by molar-refractivity contribution is 6.04. The average Bonchev–Trinajstić information content (AvgIpc) is 2.98. The van der Waals surface area contributed by atoms with Gasteiger partial charge in [0.05, 0.1) is 0 Å². The van der Waals surface area contributed by atoms with Crippen LogP contribution in [0, 0.1) is 6.92 Å². The number of nitrogens with one attached hydrogen (secondary N) is 1. The summed E-state index contributed by atoms with van der Waals surface area (Å²) in [6, 6.07) is 11.0. The fourth-order valence-electron chi connectivity index (χ4n) is 3.50. The predicted molar refractivity (Wildman–Crippen MR) is 107 cm³/mol. The SMILES string of the molecule is CCc1cccc(C)c1NC(=O)c1cccc(C(=O)N2CCCCCC2)n1. The number of nitrogens with zero attached hydrogens (tertiary/aromatic N) is 2. The molecular weight excluding hydrogens is 338 g/mol. The number of hydrogen-bond acceptors (Lipinski definition) is 3. The zero-order chi connectivity index (χ0) is 19.2. The van der Waals surface area contributed by atoms with Gasteiger partial charge in [0.2, 0.25) is 0 Å². The summed E-state index contributed by atoms with van der Waals surface area (Å²) in [7, 11) is 0. The number of aryl methyl sites for hydroxylation is 2. The van der Waals surface area contributed by atoms with Gasteiger partial charge in [-0.1, -0.05) is 44.0 Å². The van der Waals surface area contributed by atoms with Crippen LogP contribution in [0.15, 0.2) is 36.4 Å². The molecule has 0 aliphatic carbocycles. The van der Waals surface area contributed by atoms with Gasteiger partial charge in [-0.2, -0.15) is 0 Å². The molecule has 1 aromatic carbocycles. The molecule has 3 rings (SSSR count). The number of anilines is 1. The van der Waals surface area contributed by atoms with E-state index in [0.29, 0.717) is 5.69 Å². The molecule has 1 fully saturated rings. The summed E-state index contributed by atoms with van der Waals surface area (Å²) in [5.41, 5.74) is 3.53. The van der Waals surface area contributed by atoms with Gasteiger partial charge in [0.25, 0.3) is 11.8 Å². The third-order valence-corrected chi connectivity index (χ3v) is 5.07. The number of pyridine rings is 1. The maximum atomic E-state index is 12.8. The second-order valence-electron chi connectivity index (χ2n) is 7.03. The fourth-order valence-corrected chi connectivity index (χ4v) is 3.50. The molecule has 1 aliphatic heterocycles. The van der Waals surface area contributed by atoms with Crippen molar-refractivity contribution in [1.82, 2.24) is 9.88 Å². The Labute approximate surface area is 160 Å². The van der Waals surface area contributed by atoms with Crippen molar-refractivity contribution in [3.05, 3.63) is 58.9 Å². The number of amides is 2. The Hall–Kier alpha value is -2.69. The van der Waals surface area contributed by atoms with Crippen molar-refractivity contribution < 1.29 is 9.59 Å². The Morgan fingerprint density at radius 3 is 2.37 bits per heavy atom. The molecular formula is C22H27N3O2. The molecule has 5 nitrogen and oxygen atoms in total. The maximum absolute atomic E-state index is 12.8. The first-order valence-corrected chi connectivity index (χ1v) is 9.76. The number of likely N-dealkylation sites (tertiary alicyclic amines) is 1. The van der Waals surface area contributed by atoms with E-state index in [1.807, 2.05) is 30.0 Å². The molecule has 2 amide bonds. The number of aromatic nitrogens is 1. The molecule has 0 atom stereocenters. The van der Waals surface area contributed by atoms with Gasteiger partial charge in [-0.15, -0.1) is 0 Å². The summed E-state index contributed by atoms with van der Waals surface area (Å²) < 4.78 is 0. The molecule has 0 saturated carbocycles. The third kappa shape index (κ3) is 4.54. The molecule has 0 unspecified atom stereocenters. The Morgan fingerprint density at radius 2 is 1.67 bits per heavy atom. The molecule has 0 bridgehead atoms. The smallest absolute Gasteiger partial charge is 0.274 e. The van der Waals surface area contributed by atoms with Gasteiger partial charge < -0.3 is 10.2 Å². The van der Waals surface area contributed by atoms with E-state index in [9.17, 15) is 9.59 Å². The van der Waals surface area contributed by atoms with Crippen molar-refractivity contribution in [3.8, 4) is 0 Å². The summed E-state index contributed by atoms with van der Waals surface area (Å²) in [5, 5.41) is 2.98. The number of rotatable bonds is 4. The lowest BCUT2D eigenvalue weighted by Crippen LogP contribution is -2.32. The summed E-state index contributed by atoms with van der Waals surface area (Å²) in [4.78, 5) is 31.7. The topological polar surface area (TPSA) is 62.3 Å². The highest BCUT2D eigenvalue weighted by Gasteiger charge is 2.20. The van der Waals surface area contributed by atoms with E-state index in [1.54, 1.807) is 18.2 Å². The van der Waals surface area contributed by atoms with E-state index in [-0.39, 0.29) is 17.5 Å². The predicted octanol–water partition coefficient (Wildman–Crippen LogP) is 4.22. The number of hydrogen-bond donors (Lipinski definition) is 1. The minimum Gasteiger partial charge on any atom is -0.337 e. The van der Waals surface area contributed by atoms with E-state index in [1.165, 1.54) is 0 Å². The molecule has 142 valence electrons. The van der Waals surface area contributed by atoms with Crippen LogP contribution in [-0.4, -0.2) is 34.8 Å². The van der Waals surface area contributed by atoms with Gasteiger partial charge in [0, 0.05) is 18.8 Å². The second kappa shape index (κ2) is 8.80. The summed E-state index contributed by atoms with van der Waals surface area (Å²) >= 11 is 0. The first-order valence-electron chi connectivity index (χ1n) is 9.76. The van der Waals surface area contributed by atoms with E-state index in [4.69, 9.17) is 0 Å². The van der Waals surface area contributed by atoms with Crippen LogP contribution in [0.5, 0.6) is 0 Å². The van der Waals surface area contributed by atoms with Gasteiger partial charge >= 0.3 is 0 Å². The summed E-state index contributed by atoms with van der Waals surface area (Å²) in [5.74, 6) is -0.374.